The molecule has 1 saturated carbocycles. The van der Waals surface area contributed by atoms with Crippen LogP contribution in [0.25, 0.3) is 0 Å². The van der Waals surface area contributed by atoms with Gasteiger partial charge in [-0.25, -0.2) is 0 Å². The number of ether oxygens (including phenoxy) is 1. The summed E-state index contributed by atoms with van der Waals surface area (Å²) in [6.07, 6.45) is 13.0. The third-order valence-corrected chi connectivity index (χ3v) is 6.01. The first-order valence-corrected chi connectivity index (χ1v) is 10.3. The summed E-state index contributed by atoms with van der Waals surface area (Å²) >= 11 is 2.00. The monoisotopic (exact) mass is 442 g/mol. The number of aliphatic hydroxyl groups excluding tert-OH is 1. The Kier molecular flexibility index (Phi) is 6.08. The van der Waals surface area contributed by atoms with Crippen molar-refractivity contribution in [3.05, 3.63) is 35.4 Å². The molecule has 3 nitrogen and oxygen atoms in total. The number of allylic oxidation sites excluding steroid dienone is 1. The van der Waals surface area contributed by atoms with Crippen molar-refractivity contribution < 1.29 is 14.9 Å². The number of rotatable bonds is 6. The zero-order valence-corrected chi connectivity index (χ0v) is 16.3. The molecule has 0 saturated heterocycles. The first-order chi connectivity index (χ1) is 11.6. The molecule has 0 amide bonds. The van der Waals surface area contributed by atoms with Crippen LogP contribution >= 0.6 is 22.6 Å². The Balaban J connectivity index is 1.59. The first kappa shape index (κ1) is 18.1. The minimum atomic E-state index is -0.346. The van der Waals surface area contributed by atoms with E-state index < -0.39 is 0 Å². The summed E-state index contributed by atoms with van der Waals surface area (Å²) in [5.74, 6) is 0.753. The second-order valence-electron chi connectivity index (χ2n) is 7.29. The molecule has 1 fully saturated rings. The second-order valence-corrected chi connectivity index (χ2v) is 8.73. The zero-order chi connectivity index (χ0) is 17.0. The number of benzene rings is 1. The van der Waals surface area contributed by atoms with Crippen molar-refractivity contribution in [3.63, 3.8) is 0 Å². The van der Waals surface area contributed by atoms with E-state index in [0.29, 0.717) is 24.2 Å². The van der Waals surface area contributed by atoms with E-state index in [-0.39, 0.29) is 9.86 Å². The number of aromatic hydroxyl groups is 1. The lowest BCUT2D eigenvalue weighted by Crippen LogP contribution is -2.19. The van der Waals surface area contributed by atoms with Gasteiger partial charge in [0.1, 0.15) is 10.7 Å². The van der Waals surface area contributed by atoms with E-state index in [1.165, 1.54) is 44.1 Å². The molecule has 0 heterocycles. The largest absolute Gasteiger partial charge is 0.504 e. The predicted molar refractivity (Wildman–Crippen MR) is 105 cm³/mol. The van der Waals surface area contributed by atoms with Crippen molar-refractivity contribution in [3.8, 4) is 11.5 Å². The van der Waals surface area contributed by atoms with Crippen LogP contribution in [0.5, 0.6) is 11.5 Å². The van der Waals surface area contributed by atoms with E-state index >= 15 is 0 Å². The number of aryl methyl sites for hydroxylation is 1. The van der Waals surface area contributed by atoms with Gasteiger partial charge >= 0.3 is 0 Å². The number of phenolic OH excluding ortho intramolecular Hbond substituents is 1. The van der Waals surface area contributed by atoms with Crippen LogP contribution in [0.3, 0.4) is 0 Å². The molecule has 1 atom stereocenters. The highest BCUT2D eigenvalue weighted by Crippen LogP contribution is 2.47. The molecule has 24 heavy (non-hydrogen) atoms. The highest BCUT2D eigenvalue weighted by atomic mass is 127. The maximum atomic E-state index is 10.2. The predicted octanol–water partition coefficient (Wildman–Crippen LogP) is 5.13. The molecule has 2 aliphatic carbocycles. The summed E-state index contributed by atoms with van der Waals surface area (Å²) in [7, 11) is 0. The highest BCUT2D eigenvalue weighted by molar-refractivity contribution is 14.1. The van der Waals surface area contributed by atoms with Crippen molar-refractivity contribution in [1.82, 2.24) is 0 Å². The minimum Gasteiger partial charge on any atom is -0.504 e. The minimum absolute atomic E-state index is 0.197. The molecule has 1 aromatic carbocycles. The van der Waals surface area contributed by atoms with Gasteiger partial charge in [-0.05, 0) is 73.6 Å². The van der Waals surface area contributed by atoms with Crippen molar-refractivity contribution in [2.75, 3.05) is 6.61 Å². The van der Waals surface area contributed by atoms with Gasteiger partial charge in [-0.15, -0.1) is 0 Å². The summed E-state index contributed by atoms with van der Waals surface area (Å²) in [6, 6.07) is 5.57. The van der Waals surface area contributed by atoms with E-state index in [4.69, 9.17) is 4.74 Å². The van der Waals surface area contributed by atoms with E-state index in [1.807, 2.05) is 34.7 Å². The van der Waals surface area contributed by atoms with Crippen LogP contribution in [0.4, 0.5) is 0 Å². The molecule has 4 heteroatoms. The van der Waals surface area contributed by atoms with Crippen LogP contribution in [0.1, 0.15) is 56.9 Å². The van der Waals surface area contributed by atoms with Crippen molar-refractivity contribution >= 4 is 22.6 Å². The zero-order valence-electron chi connectivity index (χ0n) is 14.1. The lowest BCUT2D eigenvalue weighted by Gasteiger charge is -2.31. The number of hydrogen-bond donors (Lipinski definition) is 2. The molecule has 1 unspecified atom stereocenters. The molecule has 0 aliphatic heterocycles. The van der Waals surface area contributed by atoms with Gasteiger partial charge in [-0.2, -0.15) is 0 Å². The van der Waals surface area contributed by atoms with Gasteiger partial charge < -0.3 is 14.9 Å². The van der Waals surface area contributed by atoms with E-state index in [2.05, 4.69) is 6.08 Å². The van der Waals surface area contributed by atoms with E-state index in [1.54, 1.807) is 6.07 Å². The lowest BCUT2D eigenvalue weighted by molar-refractivity contribution is 0.269. The normalized spacial score (nSPS) is 20.8. The average Bonchev–Trinajstić information content (AvgIpc) is 2.99. The van der Waals surface area contributed by atoms with Gasteiger partial charge in [0.25, 0.3) is 0 Å². The van der Waals surface area contributed by atoms with E-state index in [0.717, 1.165) is 18.4 Å². The standard InChI is InChI=1S/C20H27IO3/c21-19(23)8-6-15-5-7-18(17(22)12-15)24-14-16-4-3-11-20(13-16)9-1-2-10-20/h5,7,12-13,19,22-23H,1-4,6,8-11,14H2. The molecular formula is C20H27IO3. The number of aliphatic hydroxyl groups is 1. The summed E-state index contributed by atoms with van der Waals surface area (Å²) in [6.45, 7) is 0.584. The molecule has 2 aliphatic rings. The molecule has 1 aromatic rings. The Labute approximate surface area is 158 Å². The van der Waals surface area contributed by atoms with Crippen LogP contribution in [0.2, 0.25) is 0 Å². The molecule has 3 rings (SSSR count). The van der Waals surface area contributed by atoms with Gasteiger partial charge in [0.15, 0.2) is 11.5 Å². The van der Waals surface area contributed by atoms with Gasteiger partial charge in [-0.1, -0.05) is 47.6 Å². The Bertz CT molecular complexity index is 589. The smallest absolute Gasteiger partial charge is 0.161 e. The fraction of sp³-hybridized carbons (Fsp3) is 0.600. The molecule has 2 N–H and O–H groups in total. The third kappa shape index (κ3) is 4.66. The topological polar surface area (TPSA) is 49.7 Å². The van der Waals surface area contributed by atoms with Crippen molar-refractivity contribution in [1.29, 1.82) is 0 Å². The van der Waals surface area contributed by atoms with Gasteiger partial charge in [0, 0.05) is 0 Å². The highest BCUT2D eigenvalue weighted by Gasteiger charge is 2.33. The molecule has 0 bridgehead atoms. The van der Waals surface area contributed by atoms with Crippen LogP contribution < -0.4 is 4.74 Å². The Hall–Kier alpha value is -0.750. The van der Waals surface area contributed by atoms with Crippen LogP contribution in [-0.2, 0) is 6.42 Å². The number of halogens is 1. The number of phenols is 1. The summed E-state index contributed by atoms with van der Waals surface area (Å²) < 4.78 is 5.54. The third-order valence-electron chi connectivity index (χ3n) is 5.39. The average molecular weight is 442 g/mol. The molecule has 1 spiro atoms. The van der Waals surface area contributed by atoms with Crippen molar-refractivity contribution in [2.45, 2.75) is 61.9 Å². The summed E-state index contributed by atoms with van der Waals surface area (Å²) in [5.41, 5.74) is 2.86. The molecular weight excluding hydrogens is 415 g/mol. The maximum Gasteiger partial charge on any atom is 0.161 e. The van der Waals surface area contributed by atoms with Gasteiger partial charge in [0.05, 0.1) is 0 Å². The maximum absolute atomic E-state index is 10.2. The first-order valence-electron chi connectivity index (χ1n) is 9.04. The molecule has 132 valence electrons. The lowest BCUT2D eigenvalue weighted by atomic mass is 9.75. The van der Waals surface area contributed by atoms with E-state index in [9.17, 15) is 10.2 Å². The Morgan fingerprint density at radius 1 is 1.17 bits per heavy atom. The van der Waals surface area contributed by atoms with Gasteiger partial charge in [-0.3, -0.25) is 0 Å². The molecule has 0 aromatic heterocycles. The van der Waals surface area contributed by atoms with Gasteiger partial charge in [0.2, 0.25) is 0 Å². The fourth-order valence-corrected chi connectivity index (χ4v) is 4.44. The summed E-state index contributed by atoms with van der Waals surface area (Å²) in [5, 5.41) is 19.5. The quantitative estimate of drug-likeness (QED) is 0.365. The van der Waals surface area contributed by atoms with Crippen molar-refractivity contribution in [2.24, 2.45) is 5.41 Å². The second kappa shape index (κ2) is 8.09. The van der Waals surface area contributed by atoms with Crippen LogP contribution in [0.15, 0.2) is 29.8 Å². The van der Waals surface area contributed by atoms with Crippen LogP contribution in [0, 0.1) is 5.41 Å². The number of hydrogen-bond acceptors (Lipinski definition) is 3. The SMILES string of the molecule is Oc1cc(CCC(O)I)ccc1OCC1=CC2(CCCC2)CCC1. The summed E-state index contributed by atoms with van der Waals surface area (Å²) in [4.78, 5) is 0. The Morgan fingerprint density at radius 2 is 1.92 bits per heavy atom. The molecule has 0 radical (unpaired) electrons. The van der Waals surface area contributed by atoms with Crippen LogP contribution in [-0.4, -0.2) is 20.9 Å². The number of alkyl halides is 1. The Morgan fingerprint density at radius 3 is 2.62 bits per heavy atom. The fourth-order valence-electron chi connectivity index (χ4n) is 4.13.